The highest BCUT2D eigenvalue weighted by molar-refractivity contribution is 5.94. The summed E-state index contributed by atoms with van der Waals surface area (Å²) in [6.45, 7) is 1.87. The van der Waals surface area contributed by atoms with Crippen molar-refractivity contribution in [3.8, 4) is 0 Å². The van der Waals surface area contributed by atoms with Crippen molar-refractivity contribution in [2.45, 2.75) is 44.4 Å². The van der Waals surface area contributed by atoms with Crippen LogP contribution in [0.4, 0.5) is 0 Å². The quantitative estimate of drug-likeness (QED) is 0.786. The number of aromatic nitrogens is 4. The molecule has 0 bridgehead atoms. The lowest BCUT2D eigenvalue weighted by Gasteiger charge is -2.41. The standard InChI is InChI=1S/C17H19N5O2/c23-17(12-6-11-2-1-3-14(11)18-7-12)21-5-4-16-15(9-21)22-13(10-24-16)8-19-20-22/h6-8,15-16H,1-5,9-10H2. The number of pyridine rings is 1. The maximum absolute atomic E-state index is 12.9. The normalized spacial score (nSPS) is 25.1. The molecular formula is C17H19N5O2. The predicted molar refractivity (Wildman–Crippen MR) is 84.4 cm³/mol. The van der Waals surface area contributed by atoms with E-state index in [-0.39, 0.29) is 18.1 Å². The molecule has 0 aromatic carbocycles. The van der Waals surface area contributed by atoms with Crippen molar-refractivity contribution in [3.63, 3.8) is 0 Å². The first kappa shape index (κ1) is 14.1. The highest BCUT2D eigenvalue weighted by Gasteiger charge is 2.38. The minimum absolute atomic E-state index is 0.0522. The Morgan fingerprint density at radius 2 is 2.25 bits per heavy atom. The topological polar surface area (TPSA) is 73.1 Å². The van der Waals surface area contributed by atoms with Gasteiger partial charge in [0.2, 0.25) is 0 Å². The van der Waals surface area contributed by atoms with Gasteiger partial charge in [0, 0.05) is 25.0 Å². The molecule has 0 spiro atoms. The molecule has 2 aliphatic heterocycles. The van der Waals surface area contributed by atoms with Crippen molar-refractivity contribution >= 4 is 5.91 Å². The first-order valence-electron chi connectivity index (χ1n) is 8.57. The van der Waals surface area contributed by atoms with Gasteiger partial charge >= 0.3 is 0 Å². The molecule has 3 aliphatic rings. The lowest BCUT2D eigenvalue weighted by molar-refractivity contribution is -0.0605. The maximum atomic E-state index is 12.9. The fourth-order valence-electron chi connectivity index (χ4n) is 4.09. The molecule has 1 fully saturated rings. The predicted octanol–water partition coefficient (Wildman–Crippen LogP) is 1.15. The number of piperidine rings is 1. The summed E-state index contributed by atoms with van der Waals surface area (Å²) in [5.41, 5.74) is 4.06. The van der Waals surface area contributed by atoms with Crippen LogP contribution in [0.25, 0.3) is 0 Å². The van der Waals surface area contributed by atoms with E-state index in [2.05, 4.69) is 15.3 Å². The molecule has 0 radical (unpaired) electrons. The molecule has 1 aliphatic carbocycles. The van der Waals surface area contributed by atoms with Crippen LogP contribution in [0.3, 0.4) is 0 Å². The Morgan fingerprint density at radius 1 is 1.29 bits per heavy atom. The van der Waals surface area contributed by atoms with E-state index in [0.29, 0.717) is 25.3 Å². The maximum Gasteiger partial charge on any atom is 0.255 e. The van der Waals surface area contributed by atoms with Crippen LogP contribution < -0.4 is 0 Å². The van der Waals surface area contributed by atoms with Crippen LogP contribution in [0.15, 0.2) is 18.5 Å². The van der Waals surface area contributed by atoms with E-state index in [9.17, 15) is 4.79 Å². The number of rotatable bonds is 1. The third kappa shape index (κ3) is 2.15. The molecule has 2 unspecified atom stereocenters. The summed E-state index contributed by atoms with van der Waals surface area (Å²) in [5, 5.41) is 8.17. The third-order valence-corrected chi connectivity index (χ3v) is 5.38. The molecule has 1 amide bonds. The fraction of sp³-hybridized carbons (Fsp3) is 0.529. The van der Waals surface area contributed by atoms with Crippen LogP contribution in [0.1, 0.15) is 46.2 Å². The molecular weight excluding hydrogens is 306 g/mol. The van der Waals surface area contributed by atoms with E-state index >= 15 is 0 Å². The Morgan fingerprint density at radius 3 is 3.21 bits per heavy atom. The largest absolute Gasteiger partial charge is 0.370 e. The second-order valence-electron chi connectivity index (χ2n) is 6.81. The van der Waals surface area contributed by atoms with Gasteiger partial charge in [-0.15, -0.1) is 5.10 Å². The lowest BCUT2D eigenvalue weighted by Crippen LogP contribution is -2.49. The summed E-state index contributed by atoms with van der Waals surface area (Å²) in [4.78, 5) is 19.3. The molecule has 124 valence electrons. The molecule has 7 nitrogen and oxygen atoms in total. The van der Waals surface area contributed by atoms with E-state index < -0.39 is 0 Å². The van der Waals surface area contributed by atoms with E-state index in [1.165, 1.54) is 5.56 Å². The van der Waals surface area contributed by atoms with Crippen LogP contribution in [0.2, 0.25) is 0 Å². The Hall–Kier alpha value is -2.28. The van der Waals surface area contributed by atoms with Crippen molar-refractivity contribution in [1.29, 1.82) is 0 Å². The van der Waals surface area contributed by atoms with E-state index in [0.717, 1.165) is 37.1 Å². The number of carbonyl (C=O) groups excluding carboxylic acids is 1. The van der Waals surface area contributed by atoms with E-state index in [1.807, 2.05) is 15.6 Å². The first-order chi connectivity index (χ1) is 11.8. The van der Waals surface area contributed by atoms with Crippen molar-refractivity contribution in [3.05, 3.63) is 41.0 Å². The Bertz CT molecular complexity index is 802. The number of aryl methyl sites for hydroxylation is 2. The molecule has 0 saturated carbocycles. The van der Waals surface area contributed by atoms with Gasteiger partial charge in [0.05, 0.1) is 36.2 Å². The molecule has 0 N–H and O–H groups in total. The van der Waals surface area contributed by atoms with Crippen LogP contribution in [-0.4, -0.2) is 50.0 Å². The zero-order valence-electron chi connectivity index (χ0n) is 13.4. The van der Waals surface area contributed by atoms with Gasteiger partial charge in [-0.05, 0) is 37.3 Å². The molecule has 2 atom stereocenters. The summed E-state index contributed by atoms with van der Waals surface area (Å²) in [6, 6.07) is 2.08. The smallest absolute Gasteiger partial charge is 0.255 e. The molecule has 5 rings (SSSR count). The fourth-order valence-corrected chi connectivity index (χ4v) is 4.09. The number of hydrogen-bond acceptors (Lipinski definition) is 5. The van der Waals surface area contributed by atoms with Gasteiger partial charge in [-0.3, -0.25) is 9.78 Å². The number of fused-ring (bicyclic) bond motifs is 4. The van der Waals surface area contributed by atoms with E-state index in [1.54, 1.807) is 12.4 Å². The average molecular weight is 325 g/mol. The van der Waals surface area contributed by atoms with Crippen LogP contribution in [0.5, 0.6) is 0 Å². The summed E-state index contributed by atoms with van der Waals surface area (Å²) in [6.07, 6.45) is 7.61. The number of amides is 1. The second kappa shape index (κ2) is 5.37. The minimum atomic E-state index is 0.0522. The summed E-state index contributed by atoms with van der Waals surface area (Å²) < 4.78 is 7.83. The van der Waals surface area contributed by atoms with Crippen molar-refractivity contribution in [1.82, 2.24) is 24.9 Å². The molecule has 7 heteroatoms. The lowest BCUT2D eigenvalue weighted by atomic mass is 9.99. The zero-order valence-corrected chi connectivity index (χ0v) is 13.4. The van der Waals surface area contributed by atoms with Gasteiger partial charge in [-0.2, -0.15) is 0 Å². The Kier molecular flexibility index (Phi) is 3.16. The molecule has 2 aromatic rings. The van der Waals surface area contributed by atoms with Gasteiger partial charge in [0.1, 0.15) is 0 Å². The van der Waals surface area contributed by atoms with Gasteiger partial charge in [0.25, 0.3) is 5.91 Å². The molecule has 2 aromatic heterocycles. The van der Waals surface area contributed by atoms with Gasteiger partial charge < -0.3 is 9.64 Å². The Labute approximate surface area is 139 Å². The molecule has 4 heterocycles. The van der Waals surface area contributed by atoms with Gasteiger partial charge in [0.15, 0.2) is 0 Å². The zero-order chi connectivity index (χ0) is 16.1. The highest BCUT2D eigenvalue weighted by Crippen LogP contribution is 2.31. The van der Waals surface area contributed by atoms with Crippen LogP contribution in [0, 0.1) is 0 Å². The SMILES string of the molecule is O=C(c1cnc2c(c1)CCC2)N1CCC2OCc3cnnn3C2C1. The van der Waals surface area contributed by atoms with Crippen molar-refractivity contribution in [2.24, 2.45) is 0 Å². The van der Waals surface area contributed by atoms with Crippen molar-refractivity contribution in [2.75, 3.05) is 13.1 Å². The summed E-state index contributed by atoms with van der Waals surface area (Å²) >= 11 is 0. The number of likely N-dealkylation sites (tertiary alicyclic amines) is 1. The third-order valence-electron chi connectivity index (χ3n) is 5.38. The monoisotopic (exact) mass is 325 g/mol. The average Bonchev–Trinajstić information content (AvgIpc) is 3.28. The molecule has 1 saturated heterocycles. The summed E-state index contributed by atoms with van der Waals surface area (Å²) in [5.74, 6) is 0.0582. The van der Waals surface area contributed by atoms with Gasteiger partial charge in [-0.1, -0.05) is 5.21 Å². The van der Waals surface area contributed by atoms with Crippen molar-refractivity contribution < 1.29 is 9.53 Å². The number of nitrogens with zero attached hydrogens (tertiary/aromatic N) is 5. The highest BCUT2D eigenvalue weighted by atomic mass is 16.5. The van der Waals surface area contributed by atoms with Gasteiger partial charge in [-0.25, -0.2) is 4.68 Å². The number of hydrogen-bond donors (Lipinski definition) is 0. The number of carbonyl (C=O) groups is 1. The molecule has 24 heavy (non-hydrogen) atoms. The second-order valence-corrected chi connectivity index (χ2v) is 6.81. The summed E-state index contributed by atoms with van der Waals surface area (Å²) in [7, 11) is 0. The Balaban J connectivity index is 1.39. The minimum Gasteiger partial charge on any atom is -0.370 e. The van der Waals surface area contributed by atoms with Crippen LogP contribution >= 0.6 is 0 Å². The van der Waals surface area contributed by atoms with Crippen LogP contribution in [-0.2, 0) is 24.2 Å². The van der Waals surface area contributed by atoms with E-state index in [4.69, 9.17) is 4.74 Å². The number of ether oxygens (including phenoxy) is 1. The first-order valence-corrected chi connectivity index (χ1v) is 8.57.